The fraction of sp³-hybridized carbons (Fsp3) is 0.562. The summed E-state index contributed by atoms with van der Waals surface area (Å²) < 4.78 is 10.3. The van der Waals surface area contributed by atoms with Gasteiger partial charge in [-0.05, 0) is 43.7 Å². The SMILES string of the molecule is CCOC(=O)C(O)c1ccc(CCC2(OC)CC2)cc1. The van der Waals surface area contributed by atoms with Crippen molar-refractivity contribution in [2.45, 2.75) is 44.3 Å². The minimum atomic E-state index is -1.20. The lowest BCUT2D eigenvalue weighted by Crippen LogP contribution is -2.15. The molecule has 2 rings (SSSR count). The first-order valence-electron chi connectivity index (χ1n) is 7.09. The van der Waals surface area contributed by atoms with E-state index in [1.54, 1.807) is 26.2 Å². The van der Waals surface area contributed by atoms with Crippen LogP contribution in [0.15, 0.2) is 24.3 Å². The third kappa shape index (κ3) is 3.58. The summed E-state index contributed by atoms with van der Waals surface area (Å²) in [4.78, 5) is 11.4. The molecule has 1 aromatic rings. The zero-order valence-electron chi connectivity index (χ0n) is 12.1. The lowest BCUT2D eigenvalue weighted by Gasteiger charge is -2.13. The molecule has 0 heterocycles. The van der Waals surface area contributed by atoms with Crippen LogP contribution in [0.25, 0.3) is 0 Å². The Labute approximate surface area is 119 Å². The molecule has 1 aliphatic carbocycles. The van der Waals surface area contributed by atoms with Crippen molar-refractivity contribution in [3.05, 3.63) is 35.4 Å². The Morgan fingerprint density at radius 2 is 2.00 bits per heavy atom. The van der Waals surface area contributed by atoms with Crippen molar-refractivity contribution in [2.24, 2.45) is 0 Å². The molecule has 4 heteroatoms. The number of ether oxygens (including phenoxy) is 2. The van der Waals surface area contributed by atoms with E-state index in [0.717, 1.165) is 25.7 Å². The highest BCUT2D eigenvalue weighted by Gasteiger charge is 2.42. The molecule has 0 aliphatic heterocycles. The molecule has 1 fully saturated rings. The van der Waals surface area contributed by atoms with Gasteiger partial charge < -0.3 is 14.6 Å². The molecule has 1 unspecified atom stereocenters. The van der Waals surface area contributed by atoms with Crippen LogP contribution < -0.4 is 0 Å². The molecule has 4 nitrogen and oxygen atoms in total. The number of aliphatic hydroxyl groups excluding tert-OH is 1. The van der Waals surface area contributed by atoms with Gasteiger partial charge in [-0.2, -0.15) is 0 Å². The minimum Gasteiger partial charge on any atom is -0.464 e. The van der Waals surface area contributed by atoms with E-state index in [4.69, 9.17) is 9.47 Å². The van der Waals surface area contributed by atoms with Gasteiger partial charge in [0.15, 0.2) is 6.10 Å². The third-order valence-corrected chi connectivity index (χ3v) is 3.92. The van der Waals surface area contributed by atoms with Gasteiger partial charge in [-0.1, -0.05) is 24.3 Å². The average molecular weight is 278 g/mol. The van der Waals surface area contributed by atoms with E-state index in [0.29, 0.717) is 5.56 Å². The number of methoxy groups -OCH3 is 1. The van der Waals surface area contributed by atoms with E-state index in [-0.39, 0.29) is 12.2 Å². The van der Waals surface area contributed by atoms with Crippen LogP contribution in [0.5, 0.6) is 0 Å². The highest BCUT2D eigenvalue weighted by Crippen LogP contribution is 2.42. The average Bonchev–Trinajstić information content (AvgIpc) is 3.26. The van der Waals surface area contributed by atoms with E-state index >= 15 is 0 Å². The second-order valence-corrected chi connectivity index (χ2v) is 5.28. The van der Waals surface area contributed by atoms with Crippen LogP contribution in [-0.2, 0) is 20.7 Å². The summed E-state index contributed by atoms with van der Waals surface area (Å²) in [5.41, 5.74) is 1.86. The molecule has 1 aromatic carbocycles. The van der Waals surface area contributed by atoms with Crippen molar-refractivity contribution >= 4 is 5.97 Å². The van der Waals surface area contributed by atoms with Crippen molar-refractivity contribution in [2.75, 3.05) is 13.7 Å². The van der Waals surface area contributed by atoms with Crippen LogP contribution in [0.1, 0.15) is 43.4 Å². The minimum absolute atomic E-state index is 0.100. The summed E-state index contributed by atoms with van der Waals surface area (Å²) in [6, 6.07) is 7.46. The Bertz CT molecular complexity index is 448. The van der Waals surface area contributed by atoms with Crippen LogP contribution in [0.3, 0.4) is 0 Å². The van der Waals surface area contributed by atoms with Gasteiger partial charge in [0.2, 0.25) is 0 Å². The van der Waals surface area contributed by atoms with Crippen LogP contribution in [0.4, 0.5) is 0 Å². The molecule has 1 aliphatic rings. The van der Waals surface area contributed by atoms with Gasteiger partial charge in [0.05, 0.1) is 12.2 Å². The summed E-state index contributed by atoms with van der Waals surface area (Å²) in [6.07, 6.45) is 3.05. The van der Waals surface area contributed by atoms with Gasteiger partial charge >= 0.3 is 5.97 Å². The molecule has 0 spiro atoms. The molecule has 0 radical (unpaired) electrons. The Balaban J connectivity index is 1.90. The van der Waals surface area contributed by atoms with Gasteiger partial charge in [-0.15, -0.1) is 0 Å². The summed E-state index contributed by atoms with van der Waals surface area (Å²) in [7, 11) is 1.77. The van der Waals surface area contributed by atoms with E-state index in [1.165, 1.54) is 5.56 Å². The number of aryl methyl sites for hydroxylation is 1. The highest BCUT2D eigenvalue weighted by molar-refractivity contribution is 5.76. The fourth-order valence-corrected chi connectivity index (χ4v) is 2.29. The van der Waals surface area contributed by atoms with Gasteiger partial charge in [-0.3, -0.25) is 0 Å². The zero-order valence-corrected chi connectivity index (χ0v) is 12.1. The number of rotatable bonds is 7. The summed E-state index contributed by atoms with van der Waals surface area (Å²) in [6.45, 7) is 1.99. The molecule has 1 saturated carbocycles. The molecule has 0 saturated heterocycles. The normalized spacial score (nSPS) is 17.6. The number of esters is 1. The monoisotopic (exact) mass is 278 g/mol. The van der Waals surface area contributed by atoms with E-state index < -0.39 is 12.1 Å². The maximum absolute atomic E-state index is 11.4. The summed E-state index contributed by atoms with van der Waals surface area (Å²) >= 11 is 0. The van der Waals surface area contributed by atoms with Crippen molar-refractivity contribution in [1.29, 1.82) is 0 Å². The number of hydrogen-bond donors (Lipinski definition) is 1. The first kappa shape index (κ1) is 15.0. The molecule has 0 amide bonds. The molecule has 0 aromatic heterocycles. The van der Waals surface area contributed by atoms with Crippen LogP contribution in [0, 0.1) is 0 Å². The number of hydrogen-bond acceptors (Lipinski definition) is 4. The Morgan fingerprint density at radius 1 is 1.35 bits per heavy atom. The largest absolute Gasteiger partial charge is 0.464 e. The second kappa shape index (κ2) is 6.37. The lowest BCUT2D eigenvalue weighted by molar-refractivity contribution is -0.153. The zero-order chi connectivity index (χ0) is 14.6. The number of aliphatic hydroxyl groups is 1. The van der Waals surface area contributed by atoms with Gasteiger partial charge in [-0.25, -0.2) is 4.79 Å². The molecule has 20 heavy (non-hydrogen) atoms. The van der Waals surface area contributed by atoms with Crippen molar-refractivity contribution < 1.29 is 19.4 Å². The van der Waals surface area contributed by atoms with Gasteiger partial charge in [0.1, 0.15) is 0 Å². The Hall–Kier alpha value is -1.39. The first-order chi connectivity index (χ1) is 9.60. The quantitative estimate of drug-likeness (QED) is 0.778. The standard InChI is InChI=1S/C16H22O4/c1-3-20-15(18)14(17)13-6-4-12(5-7-13)8-9-16(19-2)10-11-16/h4-7,14,17H,3,8-11H2,1-2H3. The smallest absolute Gasteiger partial charge is 0.339 e. The molecular weight excluding hydrogens is 256 g/mol. The molecule has 110 valence electrons. The third-order valence-electron chi connectivity index (χ3n) is 3.92. The van der Waals surface area contributed by atoms with E-state index in [1.807, 2.05) is 12.1 Å². The van der Waals surface area contributed by atoms with Gasteiger partial charge in [0, 0.05) is 7.11 Å². The van der Waals surface area contributed by atoms with Crippen LogP contribution in [-0.4, -0.2) is 30.4 Å². The van der Waals surface area contributed by atoms with Crippen LogP contribution >= 0.6 is 0 Å². The predicted octanol–water partition coefficient (Wildman–Crippen LogP) is 2.39. The van der Waals surface area contributed by atoms with E-state index in [2.05, 4.69) is 0 Å². The number of carbonyl (C=O) groups excluding carboxylic acids is 1. The number of benzene rings is 1. The molecule has 1 N–H and O–H groups in total. The fourth-order valence-electron chi connectivity index (χ4n) is 2.29. The Morgan fingerprint density at radius 3 is 2.50 bits per heavy atom. The number of carbonyl (C=O) groups is 1. The maximum Gasteiger partial charge on any atom is 0.339 e. The highest BCUT2D eigenvalue weighted by atomic mass is 16.5. The topological polar surface area (TPSA) is 55.8 Å². The summed E-state index contributed by atoms with van der Waals surface area (Å²) in [5.74, 6) is -0.600. The first-order valence-corrected chi connectivity index (χ1v) is 7.09. The molecule has 0 bridgehead atoms. The second-order valence-electron chi connectivity index (χ2n) is 5.28. The Kier molecular flexibility index (Phi) is 4.78. The molecular formula is C16H22O4. The van der Waals surface area contributed by atoms with Gasteiger partial charge in [0.25, 0.3) is 0 Å². The van der Waals surface area contributed by atoms with Crippen molar-refractivity contribution in [3.63, 3.8) is 0 Å². The lowest BCUT2D eigenvalue weighted by atomic mass is 10.0. The van der Waals surface area contributed by atoms with Crippen molar-refractivity contribution in [1.82, 2.24) is 0 Å². The van der Waals surface area contributed by atoms with Crippen LogP contribution in [0.2, 0.25) is 0 Å². The predicted molar refractivity (Wildman–Crippen MR) is 75.3 cm³/mol. The maximum atomic E-state index is 11.4. The van der Waals surface area contributed by atoms with Crippen molar-refractivity contribution in [3.8, 4) is 0 Å². The molecule has 1 atom stereocenters. The van der Waals surface area contributed by atoms with E-state index in [9.17, 15) is 9.90 Å². The summed E-state index contributed by atoms with van der Waals surface area (Å²) in [5, 5.41) is 9.82.